The first-order valence-electron chi connectivity index (χ1n) is 3.94. The van der Waals surface area contributed by atoms with E-state index in [1.165, 1.54) is 0 Å². The van der Waals surface area contributed by atoms with E-state index in [-0.39, 0.29) is 10.5 Å². The zero-order valence-corrected chi connectivity index (χ0v) is 8.25. The number of rotatable bonds is 3. The zero-order valence-electron chi connectivity index (χ0n) is 7.43. The Labute approximate surface area is 77.9 Å². The molecule has 0 bridgehead atoms. The van der Waals surface area contributed by atoms with Crippen LogP contribution in [0.15, 0.2) is 35.2 Å². The molecule has 0 atom stereocenters. The van der Waals surface area contributed by atoms with Crippen LogP contribution >= 0.6 is 0 Å². The summed E-state index contributed by atoms with van der Waals surface area (Å²) < 4.78 is 22.9. The summed E-state index contributed by atoms with van der Waals surface area (Å²) in [5.74, 6) is 0.233. The molecule has 74 valence electrons. The van der Waals surface area contributed by atoms with Gasteiger partial charge in [0.2, 0.25) is 0 Å². The molecule has 0 saturated carbocycles. The van der Waals surface area contributed by atoms with Gasteiger partial charge in [0.1, 0.15) is 0 Å². The second kappa shape index (κ2) is 4.97. The van der Waals surface area contributed by atoms with Gasteiger partial charge in [0.15, 0.2) is 9.84 Å². The van der Waals surface area contributed by atoms with Gasteiger partial charge < -0.3 is 0 Å². The molecule has 2 nitrogen and oxygen atoms in total. The lowest BCUT2D eigenvalue weighted by atomic mass is 10.4. The molecule has 0 N–H and O–H groups in total. The predicted molar refractivity (Wildman–Crippen MR) is 51.3 cm³/mol. The van der Waals surface area contributed by atoms with Crippen molar-refractivity contribution < 1.29 is 13.1 Å². The normalized spacial score (nSPS) is 10.5. The molecule has 1 aromatic rings. The zero-order chi connectivity index (χ0) is 9.03. The van der Waals surface area contributed by atoms with Crippen molar-refractivity contribution in [1.29, 1.82) is 0 Å². The smallest absolute Gasteiger partial charge is 0.178 e. The molecule has 0 fully saturated rings. The molecular formula is C9H13FO2S. The number of benzene rings is 1. The fourth-order valence-electron chi connectivity index (χ4n) is 1.01. The lowest BCUT2D eigenvalue weighted by Gasteiger charge is -2.00. The highest BCUT2D eigenvalue weighted by atomic mass is 32.2. The van der Waals surface area contributed by atoms with Crippen LogP contribution in [0.3, 0.4) is 0 Å². The maximum atomic E-state index is 11.4. The lowest BCUT2D eigenvalue weighted by molar-refractivity contribution is 0.594. The van der Waals surface area contributed by atoms with Gasteiger partial charge >= 0.3 is 0 Å². The summed E-state index contributed by atoms with van der Waals surface area (Å²) in [6.45, 7) is 1.86. The molecule has 0 heterocycles. The Morgan fingerprint density at radius 2 is 1.69 bits per heavy atom. The Hall–Kier alpha value is -0.900. The number of hydrogen-bond acceptors (Lipinski definition) is 2. The van der Waals surface area contributed by atoms with Gasteiger partial charge in [-0.05, 0) is 18.6 Å². The average Bonchev–Trinajstić information content (AvgIpc) is 2.06. The Balaban J connectivity index is 0.00000144. The fourth-order valence-corrected chi connectivity index (χ4v) is 2.36. The molecule has 0 aliphatic heterocycles. The second-order valence-electron chi connectivity index (χ2n) is 2.63. The van der Waals surface area contributed by atoms with Gasteiger partial charge in [-0.2, -0.15) is 0 Å². The van der Waals surface area contributed by atoms with E-state index in [1.54, 1.807) is 24.3 Å². The minimum Gasteiger partial charge on any atom is -0.269 e. The van der Waals surface area contributed by atoms with Crippen molar-refractivity contribution in [2.24, 2.45) is 0 Å². The Kier molecular flexibility index (Phi) is 4.62. The van der Waals surface area contributed by atoms with Crippen molar-refractivity contribution in [1.82, 2.24) is 0 Å². The molecule has 0 aliphatic carbocycles. The third-order valence-electron chi connectivity index (χ3n) is 1.58. The highest BCUT2D eigenvalue weighted by Gasteiger charge is 2.10. The molecule has 0 unspecified atom stereocenters. The minimum absolute atomic E-state index is 0. The van der Waals surface area contributed by atoms with Crippen molar-refractivity contribution >= 4 is 9.84 Å². The van der Waals surface area contributed by atoms with Gasteiger partial charge in [0.25, 0.3) is 0 Å². The van der Waals surface area contributed by atoms with Gasteiger partial charge in [0.05, 0.1) is 10.6 Å². The lowest BCUT2D eigenvalue weighted by Crippen LogP contribution is -2.05. The average molecular weight is 204 g/mol. The molecule has 4 heteroatoms. The van der Waals surface area contributed by atoms with Gasteiger partial charge in [-0.25, -0.2) is 8.42 Å². The highest BCUT2D eigenvalue weighted by Crippen LogP contribution is 2.10. The summed E-state index contributed by atoms with van der Waals surface area (Å²) in [5.41, 5.74) is 0. The molecule has 0 spiro atoms. The van der Waals surface area contributed by atoms with Crippen molar-refractivity contribution in [3.05, 3.63) is 30.3 Å². The molecule has 0 aliphatic rings. The van der Waals surface area contributed by atoms with Gasteiger partial charge in [-0.15, -0.1) is 0 Å². The van der Waals surface area contributed by atoms with E-state index in [0.717, 1.165) is 0 Å². The molecule has 1 rings (SSSR count). The SMILES string of the molecule is CCCS(=O)(=O)c1ccccc1.F. The molecular weight excluding hydrogens is 191 g/mol. The van der Waals surface area contributed by atoms with Crippen molar-refractivity contribution in [2.75, 3.05) is 5.75 Å². The summed E-state index contributed by atoms with van der Waals surface area (Å²) in [5, 5.41) is 0. The van der Waals surface area contributed by atoms with Crippen LogP contribution in [0.25, 0.3) is 0 Å². The number of halogens is 1. The molecule has 1 aromatic carbocycles. The Bertz CT molecular complexity index is 332. The largest absolute Gasteiger partial charge is 0.269 e. The maximum absolute atomic E-state index is 11.4. The van der Waals surface area contributed by atoms with Crippen LogP contribution in [0.1, 0.15) is 13.3 Å². The van der Waals surface area contributed by atoms with E-state index in [1.807, 2.05) is 13.0 Å². The fraction of sp³-hybridized carbons (Fsp3) is 0.333. The minimum atomic E-state index is -3.01. The van der Waals surface area contributed by atoms with E-state index in [0.29, 0.717) is 11.3 Å². The van der Waals surface area contributed by atoms with Gasteiger partial charge in [0, 0.05) is 0 Å². The topological polar surface area (TPSA) is 34.1 Å². The van der Waals surface area contributed by atoms with Crippen molar-refractivity contribution in [3.8, 4) is 0 Å². The number of hydrogen-bond donors (Lipinski definition) is 0. The second-order valence-corrected chi connectivity index (χ2v) is 4.74. The van der Waals surface area contributed by atoms with E-state index in [2.05, 4.69) is 0 Å². The number of sulfone groups is 1. The summed E-state index contributed by atoms with van der Waals surface area (Å²) in [4.78, 5) is 0.423. The molecule has 13 heavy (non-hydrogen) atoms. The first-order chi connectivity index (χ1) is 5.67. The van der Waals surface area contributed by atoms with Crippen LogP contribution in [0.5, 0.6) is 0 Å². The summed E-state index contributed by atoms with van der Waals surface area (Å²) in [7, 11) is -3.01. The van der Waals surface area contributed by atoms with Gasteiger partial charge in [-0.1, -0.05) is 25.1 Å². The Morgan fingerprint density at radius 1 is 1.15 bits per heavy atom. The predicted octanol–water partition coefficient (Wildman–Crippen LogP) is 2.02. The van der Waals surface area contributed by atoms with Gasteiger partial charge in [-0.3, -0.25) is 4.70 Å². The van der Waals surface area contributed by atoms with Crippen LogP contribution in [-0.4, -0.2) is 14.2 Å². The molecule has 0 aromatic heterocycles. The third-order valence-corrected chi connectivity index (χ3v) is 3.51. The van der Waals surface area contributed by atoms with E-state index in [9.17, 15) is 8.42 Å². The van der Waals surface area contributed by atoms with Crippen molar-refractivity contribution in [3.63, 3.8) is 0 Å². The standard InChI is InChI=1S/C9H12O2S.FH/c1-2-8-12(10,11)9-6-4-3-5-7-9;/h3-7H,2,8H2,1H3;1H. The van der Waals surface area contributed by atoms with Crippen LogP contribution in [-0.2, 0) is 9.84 Å². The monoisotopic (exact) mass is 204 g/mol. The summed E-state index contributed by atoms with van der Waals surface area (Å²) in [6.07, 6.45) is 0.664. The van der Waals surface area contributed by atoms with Crippen LogP contribution in [0.2, 0.25) is 0 Å². The van der Waals surface area contributed by atoms with Crippen molar-refractivity contribution in [2.45, 2.75) is 18.2 Å². The van der Waals surface area contributed by atoms with Crippen LogP contribution < -0.4 is 0 Å². The van der Waals surface area contributed by atoms with E-state index < -0.39 is 9.84 Å². The third kappa shape index (κ3) is 3.14. The van der Waals surface area contributed by atoms with E-state index >= 15 is 0 Å². The summed E-state index contributed by atoms with van der Waals surface area (Å²) in [6, 6.07) is 8.55. The molecule has 0 radical (unpaired) electrons. The first-order valence-corrected chi connectivity index (χ1v) is 5.60. The van der Waals surface area contributed by atoms with Crippen LogP contribution in [0.4, 0.5) is 4.70 Å². The Morgan fingerprint density at radius 3 is 2.15 bits per heavy atom. The van der Waals surface area contributed by atoms with E-state index in [4.69, 9.17) is 0 Å². The maximum Gasteiger partial charge on any atom is 0.178 e. The molecule has 0 amide bonds. The highest BCUT2D eigenvalue weighted by molar-refractivity contribution is 7.91. The summed E-state index contributed by atoms with van der Waals surface area (Å²) >= 11 is 0. The van der Waals surface area contributed by atoms with Crippen LogP contribution in [0, 0.1) is 0 Å². The quantitative estimate of drug-likeness (QED) is 0.755. The first kappa shape index (κ1) is 12.1. The molecule has 0 saturated heterocycles.